The van der Waals surface area contributed by atoms with Gasteiger partial charge in [-0.05, 0) is 43.4 Å². The van der Waals surface area contributed by atoms with E-state index in [9.17, 15) is 9.18 Å². The highest BCUT2D eigenvalue weighted by molar-refractivity contribution is 7.98. The molecule has 0 spiro atoms. The molecule has 1 aromatic carbocycles. The summed E-state index contributed by atoms with van der Waals surface area (Å²) in [5, 5.41) is 11.8. The van der Waals surface area contributed by atoms with Gasteiger partial charge in [-0.15, -0.1) is 0 Å². The second-order valence-electron chi connectivity index (χ2n) is 4.10. The summed E-state index contributed by atoms with van der Waals surface area (Å²) in [6.45, 7) is 1.74. The van der Waals surface area contributed by atoms with E-state index in [1.807, 2.05) is 6.26 Å². The summed E-state index contributed by atoms with van der Waals surface area (Å²) in [6, 6.07) is 4.03. The van der Waals surface area contributed by atoms with E-state index in [-0.39, 0.29) is 24.4 Å². The monoisotopic (exact) mass is 271 g/mol. The van der Waals surface area contributed by atoms with Gasteiger partial charge < -0.3 is 10.4 Å². The second kappa shape index (κ2) is 7.38. The normalized spacial score (nSPS) is 12.2. The highest BCUT2D eigenvalue weighted by Gasteiger charge is 2.14. The summed E-state index contributed by atoms with van der Waals surface area (Å²) in [6.07, 6.45) is 2.46. The summed E-state index contributed by atoms with van der Waals surface area (Å²) in [7, 11) is 0. The van der Waals surface area contributed by atoms with Gasteiger partial charge >= 0.3 is 0 Å². The summed E-state index contributed by atoms with van der Waals surface area (Å²) in [4.78, 5) is 12.0. The second-order valence-corrected chi connectivity index (χ2v) is 5.01. The number of hydrogen-bond acceptors (Lipinski definition) is 3. The highest BCUT2D eigenvalue weighted by atomic mass is 32.2. The molecule has 1 atom stereocenters. The van der Waals surface area contributed by atoms with E-state index in [4.69, 9.17) is 5.11 Å². The molecule has 100 valence electrons. The summed E-state index contributed by atoms with van der Waals surface area (Å²) >= 11 is 1.61. The minimum absolute atomic E-state index is 0.0356. The molecule has 0 aliphatic rings. The van der Waals surface area contributed by atoms with Crippen molar-refractivity contribution in [3.8, 4) is 0 Å². The van der Waals surface area contributed by atoms with Crippen LogP contribution in [0.5, 0.6) is 0 Å². The maximum atomic E-state index is 12.9. The molecule has 2 N–H and O–H groups in total. The highest BCUT2D eigenvalue weighted by Crippen LogP contribution is 2.11. The van der Waals surface area contributed by atoms with Crippen LogP contribution in [0.3, 0.4) is 0 Å². The van der Waals surface area contributed by atoms with Crippen molar-refractivity contribution in [1.82, 2.24) is 5.32 Å². The van der Waals surface area contributed by atoms with Crippen molar-refractivity contribution < 1.29 is 14.3 Å². The Kier molecular flexibility index (Phi) is 6.15. The molecule has 18 heavy (non-hydrogen) atoms. The maximum Gasteiger partial charge on any atom is 0.251 e. The average molecular weight is 271 g/mol. The number of benzene rings is 1. The Bertz CT molecular complexity index is 406. The molecule has 5 heteroatoms. The van der Waals surface area contributed by atoms with Gasteiger partial charge in [0.15, 0.2) is 0 Å². The Labute approximate surface area is 111 Å². The first-order valence-electron chi connectivity index (χ1n) is 5.75. The standard InChI is InChI=1S/C13H18FNO2S/c1-9-7-10(14)3-4-12(9)13(17)15-11(5-6-16)8-18-2/h3-4,7,11,16H,5-6,8H2,1-2H3,(H,15,17)/t11-/m0/s1. The van der Waals surface area contributed by atoms with Crippen LogP contribution in [0.1, 0.15) is 22.3 Å². The predicted molar refractivity (Wildman–Crippen MR) is 72.5 cm³/mol. The molecule has 0 aliphatic carbocycles. The molecular weight excluding hydrogens is 253 g/mol. The average Bonchev–Trinajstić information content (AvgIpc) is 2.29. The molecule has 0 saturated carbocycles. The Morgan fingerprint density at radius 2 is 2.28 bits per heavy atom. The van der Waals surface area contributed by atoms with Gasteiger partial charge in [-0.2, -0.15) is 11.8 Å². The lowest BCUT2D eigenvalue weighted by Crippen LogP contribution is -2.37. The minimum Gasteiger partial charge on any atom is -0.396 e. The zero-order chi connectivity index (χ0) is 13.5. The van der Waals surface area contributed by atoms with Gasteiger partial charge in [-0.3, -0.25) is 4.79 Å². The Morgan fingerprint density at radius 3 is 2.83 bits per heavy atom. The number of halogens is 1. The quantitative estimate of drug-likeness (QED) is 0.832. The number of aryl methyl sites for hydroxylation is 1. The van der Waals surface area contributed by atoms with Crippen molar-refractivity contribution >= 4 is 17.7 Å². The zero-order valence-electron chi connectivity index (χ0n) is 10.6. The van der Waals surface area contributed by atoms with Gasteiger partial charge in [0.05, 0.1) is 0 Å². The van der Waals surface area contributed by atoms with Crippen LogP contribution in [-0.2, 0) is 0 Å². The number of rotatable bonds is 6. The van der Waals surface area contributed by atoms with E-state index in [2.05, 4.69) is 5.32 Å². The van der Waals surface area contributed by atoms with Crippen LogP contribution < -0.4 is 5.32 Å². The van der Waals surface area contributed by atoms with Crippen LogP contribution in [0.15, 0.2) is 18.2 Å². The zero-order valence-corrected chi connectivity index (χ0v) is 11.4. The fraction of sp³-hybridized carbons (Fsp3) is 0.462. The van der Waals surface area contributed by atoms with E-state index in [1.165, 1.54) is 18.2 Å². The molecule has 0 bridgehead atoms. The third kappa shape index (κ3) is 4.31. The van der Waals surface area contributed by atoms with Crippen LogP contribution in [0.25, 0.3) is 0 Å². The van der Waals surface area contributed by atoms with Crippen LogP contribution in [-0.4, -0.2) is 35.7 Å². The Morgan fingerprint density at radius 1 is 1.56 bits per heavy atom. The number of carbonyl (C=O) groups excluding carboxylic acids is 1. The van der Waals surface area contributed by atoms with Gasteiger partial charge in [-0.1, -0.05) is 0 Å². The minimum atomic E-state index is -0.347. The number of hydrogen-bond donors (Lipinski definition) is 2. The number of aliphatic hydroxyl groups excluding tert-OH is 1. The van der Waals surface area contributed by atoms with Gasteiger partial charge in [-0.25, -0.2) is 4.39 Å². The van der Waals surface area contributed by atoms with E-state index in [1.54, 1.807) is 18.7 Å². The Balaban J connectivity index is 2.73. The first-order chi connectivity index (χ1) is 8.58. The molecular formula is C13H18FNO2S. The lowest BCUT2D eigenvalue weighted by atomic mass is 10.1. The molecule has 0 fully saturated rings. The summed E-state index contributed by atoms with van der Waals surface area (Å²) in [5.41, 5.74) is 1.08. The first-order valence-corrected chi connectivity index (χ1v) is 7.14. The maximum absolute atomic E-state index is 12.9. The molecule has 0 saturated heterocycles. The SMILES string of the molecule is CSC[C@H](CCO)NC(=O)c1ccc(F)cc1C. The van der Waals surface area contributed by atoms with Crippen molar-refractivity contribution in [3.63, 3.8) is 0 Å². The molecule has 0 unspecified atom stereocenters. The molecule has 1 rings (SSSR count). The number of amides is 1. The third-order valence-electron chi connectivity index (χ3n) is 2.61. The number of thioether (sulfide) groups is 1. The van der Waals surface area contributed by atoms with Gasteiger partial charge in [0.1, 0.15) is 5.82 Å². The molecule has 1 aromatic rings. The van der Waals surface area contributed by atoms with Crippen LogP contribution in [0.4, 0.5) is 4.39 Å². The van der Waals surface area contributed by atoms with Crippen molar-refractivity contribution in [1.29, 1.82) is 0 Å². The van der Waals surface area contributed by atoms with Crippen LogP contribution in [0.2, 0.25) is 0 Å². The van der Waals surface area contributed by atoms with Crippen LogP contribution >= 0.6 is 11.8 Å². The largest absolute Gasteiger partial charge is 0.396 e. The summed E-state index contributed by atoms with van der Waals surface area (Å²) in [5.74, 6) is 0.173. The number of nitrogens with one attached hydrogen (secondary N) is 1. The number of carbonyl (C=O) groups is 1. The molecule has 0 aromatic heterocycles. The van der Waals surface area contributed by atoms with E-state index in [0.29, 0.717) is 17.5 Å². The van der Waals surface area contributed by atoms with Crippen molar-refractivity contribution in [2.24, 2.45) is 0 Å². The fourth-order valence-corrected chi connectivity index (χ4v) is 2.35. The third-order valence-corrected chi connectivity index (χ3v) is 3.35. The number of aliphatic hydroxyl groups is 1. The van der Waals surface area contributed by atoms with Crippen LogP contribution in [0, 0.1) is 12.7 Å². The molecule has 0 radical (unpaired) electrons. The lowest BCUT2D eigenvalue weighted by Gasteiger charge is -2.17. The molecule has 0 aliphatic heterocycles. The van der Waals surface area contributed by atoms with Gasteiger partial charge in [0.25, 0.3) is 5.91 Å². The lowest BCUT2D eigenvalue weighted by molar-refractivity contribution is 0.0934. The molecule has 1 amide bonds. The molecule has 0 heterocycles. The first kappa shape index (κ1) is 15.0. The van der Waals surface area contributed by atoms with Crippen molar-refractivity contribution in [3.05, 3.63) is 35.1 Å². The van der Waals surface area contributed by atoms with E-state index >= 15 is 0 Å². The van der Waals surface area contributed by atoms with Gasteiger partial charge in [0, 0.05) is 24.0 Å². The van der Waals surface area contributed by atoms with Gasteiger partial charge in [0.2, 0.25) is 0 Å². The van der Waals surface area contributed by atoms with Crippen molar-refractivity contribution in [2.75, 3.05) is 18.6 Å². The topological polar surface area (TPSA) is 49.3 Å². The molecule has 3 nitrogen and oxygen atoms in total. The van der Waals surface area contributed by atoms with Crippen molar-refractivity contribution in [2.45, 2.75) is 19.4 Å². The van der Waals surface area contributed by atoms with E-state index in [0.717, 1.165) is 5.75 Å². The van der Waals surface area contributed by atoms with E-state index < -0.39 is 0 Å². The summed E-state index contributed by atoms with van der Waals surface area (Å²) < 4.78 is 12.9. The smallest absolute Gasteiger partial charge is 0.251 e. The predicted octanol–water partition coefficient (Wildman–Crippen LogP) is 1.98. The Hall–Kier alpha value is -1.07. The fourth-order valence-electron chi connectivity index (χ4n) is 1.70.